The van der Waals surface area contributed by atoms with Crippen LogP contribution in [0.5, 0.6) is 0 Å². The van der Waals surface area contributed by atoms with Gasteiger partial charge in [0.2, 0.25) is 0 Å². The van der Waals surface area contributed by atoms with Crippen molar-refractivity contribution in [2.24, 2.45) is 11.8 Å². The molecule has 0 aliphatic heterocycles. The molecule has 3 heteroatoms. The van der Waals surface area contributed by atoms with E-state index in [1.807, 2.05) is 6.08 Å². The molecule has 102 valence electrons. The molecule has 0 heterocycles. The minimum atomic E-state index is -0.934. The lowest BCUT2D eigenvalue weighted by Crippen LogP contribution is -2.36. The molecule has 0 aromatic heterocycles. The molecular formula is C17H16O3. The Morgan fingerprint density at radius 3 is 2.65 bits per heavy atom. The molecule has 0 radical (unpaired) electrons. The molecule has 1 fully saturated rings. The predicted octanol–water partition coefficient (Wildman–Crippen LogP) is 3.32. The van der Waals surface area contributed by atoms with E-state index in [-0.39, 0.29) is 17.3 Å². The van der Waals surface area contributed by atoms with E-state index in [1.165, 1.54) is 5.57 Å². The molecule has 3 nitrogen and oxygen atoms in total. The highest BCUT2D eigenvalue weighted by molar-refractivity contribution is 6.10. The highest BCUT2D eigenvalue weighted by atomic mass is 16.4. The minimum absolute atomic E-state index is 0.0921. The summed E-state index contributed by atoms with van der Waals surface area (Å²) in [4.78, 5) is 22.9. The van der Waals surface area contributed by atoms with Crippen LogP contribution in [0.2, 0.25) is 0 Å². The van der Waals surface area contributed by atoms with Gasteiger partial charge in [-0.2, -0.15) is 0 Å². The van der Waals surface area contributed by atoms with Crippen molar-refractivity contribution in [2.45, 2.75) is 19.8 Å². The van der Waals surface area contributed by atoms with Gasteiger partial charge in [0, 0.05) is 17.4 Å². The summed E-state index contributed by atoms with van der Waals surface area (Å²) in [5.74, 6) is -0.275. The first-order valence-corrected chi connectivity index (χ1v) is 6.89. The Morgan fingerprint density at radius 1 is 1.35 bits per heavy atom. The van der Waals surface area contributed by atoms with Gasteiger partial charge in [-0.15, -0.1) is 0 Å². The number of Topliss-reactive ketones (excluding diaryl/α,β-unsaturated/α-hetero) is 1. The number of hydrogen-bond donors (Lipinski definition) is 1. The maximum atomic E-state index is 12.1. The van der Waals surface area contributed by atoms with Gasteiger partial charge in [-0.3, -0.25) is 4.79 Å². The van der Waals surface area contributed by atoms with E-state index >= 15 is 0 Å². The summed E-state index contributed by atoms with van der Waals surface area (Å²) < 4.78 is 0. The quantitative estimate of drug-likeness (QED) is 0.675. The number of hydrogen-bond acceptors (Lipinski definition) is 2. The van der Waals surface area contributed by atoms with Crippen LogP contribution in [-0.2, 0) is 4.79 Å². The molecule has 0 amide bonds. The van der Waals surface area contributed by atoms with Crippen LogP contribution >= 0.6 is 0 Å². The monoisotopic (exact) mass is 268 g/mol. The summed E-state index contributed by atoms with van der Waals surface area (Å²) >= 11 is 0. The number of fused-ring (bicyclic) bond motifs is 1. The van der Waals surface area contributed by atoms with E-state index in [0.717, 1.165) is 24.0 Å². The van der Waals surface area contributed by atoms with Crippen LogP contribution in [0.1, 0.15) is 35.7 Å². The van der Waals surface area contributed by atoms with E-state index in [4.69, 9.17) is 5.11 Å². The molecule has 2 atom stereocenters. The van der Waals surface area contributed by atoms with Gasteiger partial charge in [-0.1, -0.05) is 30.7 Å². The minimum Gasteiger partial charge on any atom is -0.478 e. The maximum Gasteiger partial charge on any atom is 0.335 e. The summed E-state index contributed by atoms with van der Waals surface area (Å²) in [5.41, 5.74) is 3.42. The van der Waals surface area contributed by atoms with Crippen molar-refractivity contribution in [3.8, 4) is 0 Å². The molecule has 2 aliphatic rings. The van der Waals surface area contributed by atoms with Gasteiger partial charge < -0.3 is 5.11 Å². The van der Waals surface area contributed by atoms with Crippen LogP contribution in [0.3, 0.4) is 0 Å². The summed E-state index contributed by atoms with van der Waals surface area (Å²) in [7, 11) is 0. The van der Waals surface area contributed by atoms with E-state index < -0.39 is 5.97 Å². The highest BCUT2D eigenvalue weighted by Gasteiger charge is 2.46. The van der Waals surface area contributed by atoms with Gasteiger partial charge in [0.25, 0.3) is 0 Å². The highest BCUT2D eigenvalue weighted by Crippen LogP contribution is 2.48. The lowest BCUT2D eigenvalue weighted by molar-refractivity contribution is -0.123. The van der Waals surface area contributed by atoms with Gasteiger partial charge in [0.05, 0.1) is 5.56 Å². The first kappa shape index (κ1) is 12.9. The van der Waals surface area contributed by atoms with Crippen LogP contribution in [0.25, 0.3) is 6.08 Å². The molecule has 1 aromatic carbocycles. The van der Waals surface area contributed by atoms with E-state index in [2.05, 4.69) is 13.0 Å². The number of allylic oxidation sites excluding steroid dienone is 3. The topological polar surface area (TPSA) is 54.4 Å². The Hall–Kier alpha value is -2.16. The van der Waals surface area contributed by atoms with E-state index in [9.17, 15) is 9.59 Å². The Balaban J connectivity index is 1.81. The zero-order valence-corrected chi connectivity index (χ0v) is 11.3. The van der Waals surface area contributed by atoms with Gasteiger partial charge in [-0.25, -0.2) is 4.79 Å². The number of carboxylic acid groups (broad SMARTS) is 1. The van der Waals surface area contributed by atoms with Crippen molar-refractivity contribution in [2.75, 3.05) is 0 Å². The standard InChI is InChI=1S/C17H16O3/c1-2-10-7-13-14(8-10)16(18)15(13)9-11-3-5-12(6-4-11)17(19)20/h3-6,8-9,13-14H,2,7H2,1H3,(H,19,20)/t13-,14+/m0/s1. The SMILES string of the molecule is CCC1=C[C@H]2C(=O)C(=Cc3ccc(C(=O)O)cc3)[C@H]2C1. The summed E-state index contributed by atoms with van der Waals surface area (Å²) in [6.07, 6.45) is 6.03. The third-order valence-corrected chi connectivity index (χ3v) is 4.25. The average Bonchev–Trinajstić information content (AvgIpc) is 2.85. The predicted molar refractivity (Wildman–Crippen MR) is 76.4 cm³/mol. The molecule has 0 saturated heterocycles. The van der Waals surface area contributed by atoms with Gasteiger partial charge >= 0.3 is 5.97 Å². The van der Waals surface area contributed by atoms with Gasteiger partial charge in [0.1, 0.15) is 0 Å². The third-order valence-electron chi connectivity index (χ3n) is 4.25. The summed E-state index contributed by atoms with van der Waals surface area (Å²) in [6, 6.07) is 6.64. The molecule has 3 rings (SSSR count). The van der Waals surface area contributed by atoms with Gasteiger partial charge in [-0.05, 0) is 36.6 Å². The van der Waals surface area contributed by atoms with Crippen molar-refractivity contribution in [3.05, 3.63) is 52.6 Å². The second-order valence-corrected chi connectivity index (χ2v) is 5.41. The van der Waals surface area contributed by atoms with E-state index in [0.29, 0.717) is 5.92 Å². The number of benzene rings is 1. The Kier molecular flexibility index (Phi) is 3.05. The van der Waals surface area contributed by atoms with Crippen LogP contribution in [-0.4, -0.2) is 16.9 Å². The molecule has 1 saturated carbocycles. The second-order valence-electron chi connectivity index (χ2n) is 5.41. The molecule has 1 aromatic rings. The number of ketones is 1. The van der Waals surface area contributed by atoms with Crippen LogP contribution < -0.4 is 0 Å². The van der Waals surface area contributed by atoms with E-state index in [1.54, 1.807) is 24.3 Å². The summed E-state index contributed by atoms with van der Waals surface area (Å²) in [6.45, 7) is 2.12. The Labute approximate surface area is 117 Å². The van der Waals surface area contributed by atoms with Crippen LogP contribution in [0, 0.1) is 11.8 Å². The van der Waals surface area contributed by atoms with Crippen molar-refractivity contribution in [3.63, 3.8) is 0 Å². The third kappa shape index (κ3) is 1.99. The maximum absolute atomic E-state index is 12.1. The first-order chi connectivity index (χ1) is 9.60. The summed E-state index contributed by atoms with van der Waals surface area (Å²) in [5, 5.41) is 8.86. The number of aromatic carboxylic acids is 1. The molecular weight excluding hydrogens is 252 g/mol. The molecule has 0 bridgehead atoms. The molecule has 0 spiro atoms. The van der Waals surface area contributed by atoms with Crippen LogP contribution in [0.4, 0.5) is 0 Å². The fourth-order valence-corrected chi connectivity index (χ4v) is 3.03. The number of carboxylic acids is 1. The smallest absolute Gasteiger partial charge is 0.335 e. The fraction of sp³-hybridized carbons (Fsp3) is 0.294. The van der Waals surface area contributed by atoms with Crippen molar-refractivity contribution >= 4 is 17.8 Å². The van der Waals surface area contributed by atoms with Crippen molar-refractivity contribution < 1.29 is 14.7 Å². The van der Waals surface area contributed by atoms with Gasteiger partial charge in [0.15, 0.2) is 5.78 Å². The Morgan fingerprint density at radius 2 is 2.05 bits per heavy atom. The van der Waals surface area contributed by atoms with Crippen LogP contribution in [0.15, 0.2) is 41.5 Å². The lowest BCUT2D eigenvalue weighted by Gasteiger charge is -2.32. The second kappa shape index (κ2) is 4.75. The van der Waals surface area contributed by atoms with Crippen molar-refractivity contribution in [1.29, 1.82) is 0 Å². The largest absolute Gasteiger partial charge is 0.478 e. The molecule has 2 aliphatic carbocycles. The first-order valence-electron chi connectivity index (χ1n) is 6.89. The zero-order valence-electron chi connectivity index (χ0n) is 11.3. The molecule has 0 unspecified atom stereocenters. The normalized spacial score (nSPS) is 26.1. The average molecular weight is 268 g/mol. The number of carbonyl (C=O) groups is 2. The lowest BCUT2D eigenvalue weighted by atomic mass is 9.69. The Bertz CT molecular complexity index is 635. The number of rotatable bonds is 3. The fourth-order valence-electron chi connectivity index (χ4n) is 3.03. The number of carbonyl (C=O) groups excluding carboxylic acids is 1. The molecule has 1 N–H and O–H groups in total. The zero-order chi connectivity index (χ0) is 14.3. The molecule has 20 heavy (non-hydrogen) atoms. The van der Waals surface area contributed by atoms with Crippen molar-refractivity contribution in [1.82, 2.24) is 0 Å².